The van der Waals surface area contributed by atoms with Gasteiger partial charge in [0.2, 0.25) is 3.79 Å². The lowest BCUT2D eigenvalue weighted by Gasteiger charge is -2.11. The summed E-state index contributed by atoms with van der Waals surface area (Å²) in [7, 11) is 1.16. The van der Waals surface area contributed by atoms with Crippen molar-refractivity contribution in [3.05, 3.63) is 12.2 Å². The highest BCUT2D eigenvalue weighted by Gasteiger charge is 2.23. The van der Waals surface area contributed by atoms with Crippen LogP contribution in [0.25, 0.3) is 0 Å². The highest BCUT2D eigenvalue weighted by atomic mass is 35.6. The number of rotatable bonds is 6. The van der Waals surface area contributed by atoms with Gasteiger partial charge in [0.15, 0.2) is 6.61 Å². The number of esters is 3. The Balaban J connectivity index is 3.99. The first-order chi connectivity index (χ1) is 8.65. The average Bonchev–Trinajstić information content (AvgIpc) is 2.32. The monoisotopic (exact) mass is 332 g/mol. The highest BCUT2D eigenvalue weighted by molar-refractivity contribution is 6.67. The smallest absolute Gasteiger partial charge is 0.344 e. The van der Waals surface area contributed by atoms with Gasteiger partial charge in [-0.05, 0) is 0 Å². The van der Waals surface area contributed by atoms with Crippen molar-refractivity contribution in [1.29, 1.82) is 0 Å². The normalized spacial score (nSPS) is 10.5. The van der Waals surface area contributed by atoms with Crippen molar-refractivity contribution >= 4 is 52.7 Å². The van der Waals surface area contributed by atoms with Crippen LogP contribution in [0.4, 0.5) is 0 Å². The first-order valence-corrected chi connectivity index (χ1v) is 5.93. The molecule has 0 rings (SSSR count). The molecule has 6 nitrogen and oxygen atoms in total. The lowest BCUT2D eigenvalue weighted by atomic mass is 10.2. The number of ether oxygens (including phenoxy) is 3. The van der Waals surface area contributed by atoms with Crippen LogP contribution >= 0.6 is 34.8 Å². The lowest BCUT2D eigenvalue weighted by Crippen LogP contribution is -2.22. The van der Waals surface area contributed by atoms with Crippen LogP contribution in [-0.4, -0.2) is 42.0 Å². The Bertz CT molecular complexity index is 374. The molecule has 0 aromatic rings. The SMILES string of the molecule is C=C(CC(=O)OC)C(=O)OCC(=O)OCC(Cl)(Cl)Cl. The Kier molecular flexibility index (Phi) is 7.82. The van der Waals surface area contributed by atoms with Crippen molar-refractivity contribution in [2.45, 2.75) is 10.2 Å². The molecule has 0 heterocycles. The second kappa shape index (κ2) is 8.24. The van der Waals surface area contributed by atoms with E-state index in [2.05, 4.69) is 20.8 Å². The third kappa shape index (κ3) is 9.58. The second-order valence-electron chi connectivity index (χ2n) is 3.21. The lowest BCUT2D eigenvalue weighted by molar-refractivity contribution is -0.156. The summed E-state index contributed by atoms with van der Waals surface area (Å²) in [5, 5.41) is 0. The second-order valence-corrected chi connectivity index (χ2v) is 5.72. The molecule has 0 bridgehead atoms. The van der Waals surface area contributed by atoms with Crippen LogP contribution in [0.1, 0.15) is 6.42 Å². The van der Waals surface area contributed by atoms with Crippen molar-refractivity contribution in [3.63, 3.8) is 0 Å². The van der Waals surface area contributed by atoms with E-state index in [0.29, 0.717) is 0 Å². The van der Waals surface area contributed by atoms with Gasteiger partial charge >= 0.3 is 17.9 Å². The van der Waals surface area contributed by atoms with E-state index in [-0.39, 0.29) is 12.0 Å². The fourth-order valence-corrected chi connectivity index (χ4v) is 0.913. The van der Waals surface area contributed by atoms with Crippen LogP contribution in [0.5, 0.6) is 0 Å². The summed E-state index contributed by atoms with van der Waals surface area (Å²) in [4.78, 5) is 33.2. The molecule has 19 heavy (non-hydrogen) atoms. The Morgan fingerprint density at radius 3 is 2.16 bits per heavy atom. The first-order valence-electron chi connectivity index (χ1n) is 4.80. The van der Waals surface area contributed by atoms with Gasteiger partial charge in [-0.2, -0.15) is 0 Å². The quantitative estimate of drug-likeness (QED) is 0.318. The molecule has 0 spiro atoms. The predicted octanol–water partition coefficient (Wildman–Crippen LogP) is 1.56. The van der Waals surface area contributed by atoms with E-state index in [9.17, 15) is 14.4 Å². The van der Waals surface area contributed by atoms with Gasteiger partial charge in [0.05, 0.1) is 13.5 Å². The fourth-order valence-electron chi connectivity index (χ4n) is 0.749. The number of hydrogen-bond acceptors (Lipinski definition) is 6. The summed E-state index contributed by atoms with van der Waals surface area (Å²) in [5.41, 5.74) is -0.152. The molecule has 9 heteroatoms. The molecule has 0 aromatic heterocycles. The van der Waals surface area contributed by atoms with Gasteiger partial charge in [0.25, 0.3) is 0 Å². The van der Waals surface area contributed by atoms with Crippen LogP contribution in [0.15, 0.2) is 12.2 Å². The predicted molar refractivity (Wildman–Crippen MR) is 68.0 cm³/mol. The van der Waals surface area contributed by atoms with E-state index in [4.69, 9.17) is 34.8 Å². The van der Waals surface area contributed by atoms with Crippen LogP contribution in [0.2, 0.25) is 0 Å². The van der Waals surface area contributed by atoms with E-state index in [1.807, 2.05) is 0 Å². The minimum atomic E-state index is -1.74. The Morgan fingerprint density at radius 1 is 1.11 bits per heavy atom. The Morgan fingerprint density at radius 2 is 1.68 bits per heavy atom. The van der Waals surface area contributed by atoms with E-state index >= 15 is 0 Å². The molecule has 0 aliphatic rings. The zero-order valence-corrected chi connectivity index (χ0v) is 12.2. The summed E-state index contributed by atoms with van der Waals surface area (Å²) in [5.74, 6) is -2.47. The van der Waals surface area contributed by atoms with Crippen LogP contribution in [0, 0.1) is 0 Å². The molecule has 0 saturated heterocycles. The van der Waals surface area contributed by atoms with E-state index in [0.717, 1.165) is 7.11 Å². The molecular formula is C10H11Cl3O6. The molecular weight excluding hydrogens is 322 g/mol. The maximum absolute atomic E-state index is 11.3. The van der Waals surface area contributed by atoms with Crippen LogP contribution in [0.3, 0.4) is 0 Å². The minimum absolute atomic E-state index is 0.152. The topological polar surface area (TPSA) is 78.9 Å². The largest absolute Gasteiger partial charge is 0.469 e. The summed E-state index contributed by atoms with van der Waals surface area (Å²) >= 11 is 16.0. The van der Waals surface area contributed by atoms with Gasteiger partial charge < -0.3 is 14.2 Å². The molecule has 0 amide bonds. The standard InChI is InChI=1S/C10H11Cl3O6/c1-6(3-7(14)17-2)9(16)18-4-8(15)19-5-10(11,12)13/h1,3-5H2,2H3. The van der Waals surface area contributed by atoms with Gasteiger partial charge in [0, 0.05) is 5.57 Å². The summed E-state index contributed by atoms with van der Waals surface area (Å²) in [6, 6.07) is 0. The highest BCUT2D eigenvalue weighted by Crippen LogP contribution is 2.25. The number of methoxy groups -OCH3 is 1. The molecule has 0 saturated carbocycles. The molecule has 0 aliphatic heterocycles. The molecule has 0 radical (unpaired) electrons. The van der Waals surface area contributed by atoms with Gasteiger partial charge in [-0.25, -0.2) is 9.59 Å². The molecule has 0 N–H and O–H groups in total. The van der Waals surface area contributed by atoms with Gasteiger partial charge in [-0.1, -0.05) is 41.4 Å². The van der Waals surface area contributed by atoms with Crippen molar-refractivity contribution in [2.75, 3.05) is 20.3 Å². The van der Waals surface area contributed by atoms with Crippen LogP contribution < -0.4 is 0 Å². The van der Waals surface area contributed by atoms with E-state index in [1.54, 1.807) is 0 Å². The van der Waals surface area contributed by atoms with Gasteiger partial charge in [-0.3, -0.25) is 4.79 Å². The molecule has 0 atom stereocenters. The number of halogens is 3. The molecule has 0 aliphatic carbocycles. The third-order valence-electron chi connectivity index (χ3n) is 1.59. The molecule has 0 unspecified atom stereocenters. The number of hydrogen-bond donors (Lipinski definition) is 0. The van der Waals surface area contributed by atoms with Crippen molar-refractivity contribution < 1.29 is 28.6 Å². The zero-order chi connectivity index (χ0) is 15.1. The number of carbonyl (C=O) groups is 3. The van der Waals surface area contributed by atoms with Gasteiger partial charge in [0.1, 0.15) is 6.61 Å². The van der Waals surface area contributed by atoms with Crippen molar-refractivity contribution in [2.24, 2.45) is 0 Å². The van der Waals surface area contributed by atoms with Crippen molar-refractivity contribution in [3.8, 4) is 0 Å². The summed E-state index contributed by atoms with van der Waals surface area (Å²) in [6.45, 7) is 2.16. The first kappa shape index (κ1) is 18.0. The van der Waals surface area contributed by atoms with Gasteiger partial charge in [-0.15, -0.1) is 0 Å². The maximum atomic E-state index is 11.3. The minimum Gasteiger partial charge on any atom is -0.469 e. The fraction of sp³-hybridized carbons (Fsp3) is 0.500. The Hall–Kier alpha value is -0.980. The Labute approximate surface area is 124 Å². The number of carbonyl (C=O) groups excluding carboxylic acids is 3. The molecule has 0 fully saturated rings. The summed E-state index contributed by atoms with van der Waals surface area (Å²) < 4.78 is 11.6. The average molecular weight is 334 g/mol. The third-order valence-corrected chi connectivity index (χ3v) is 1.92. The van der Waals surface area contributed by atoms with Crippen LogP contribution in [-0.2, 0) is 28.6 Å². The van der Waals surface area contributed by atoms with E-state index in [1.165, 1.54) is 0 Å². The maximum Gasteiger partial charge on any atom is 0.344 e. The zero-order valence-electron chi connectivity index (χ0n) is 9.91. The van der Waals surface area contributed by atoms with E-state index < -0.39 is 34.9 Å². The number of alkyl halides is 3. The summed E-state index contributed by atoms with van der Waals surface area (Å²) in [6.07, 6.45) is -0.335. The molecule has 108 valence electrons. The van der Waals surface area contributed by atoms with Crippen molar-refractivity contribution in [1.82, 2.24) is 0 Å². The molecule has 0 aromatic carbocycles.